The van der Waals surface area contributed by atoms with E-state index in [2.05, 4.69) is 53.5 Å². The smallest absolute Gasteiger partial charge is 0.0630 e. The number of nitrogens with zero attached hydrogens (tertiary/aromatic N) is 1. The maximum Gasteiger partial charge on any atom is 0.0630 e. The van der Waals surface area contributed by atoms with E-state index < -0.39 is 0 Å². The Balaban J connectivity index is 1.38. The minimum absolute atomic E-state index is 0.496. The van der Waals surface area contributed by atoms with Crippen LogP contribution in [0.15, 0.2) is 59.6 Å². The largest absolute Gasteiger partial charge is 0.256 e. The van der Waals surface area contributed by atoms with Gasteiger partial charge in [0.2, 0.25) is 0 Å². The average Bonchev–Trinajstić information content (AvgIpc) is 2.60. The molecule has 4 saturated carbocycles. The van der Waals surface area contributed by atoms with Crippen LogP contribution in [0.2, 0.25) is 0 Å². The fourth-order valence-corrected chi connectivity index (χ4v) is 6.05. The molecule has 0 aliphatic heterocycles. The number of hydrogen-bond acceptors (Lipinski definition) is 1. The van der Waals surface area contributed by atoms with Crippen molar-refractivity contribution in [3.63, 3.8) is 0 Å². The topological polar surface area (TPSA) is 12.4 Å². The SMILES string of the molecule is C(=Nc1ccc(C23CC4CC(CC(C4)C2)C3)cc1)c1ccccc1. The highest BCUT2D eigenvalue weighted by Gasteiger charge is 2.51. The van der Waals surface area contributed by atoms with Gasteiger partial charge in [-0.3, -0.25) is 4.99 Å². The maximum absolute atomic E-state index is 4.64. The molecule has 0 heterocycles. The normalized spacial score (nSPS) is 34.1. The minimum Gasteiger partial charge on any atom is -0.256 e. The van der Waals surface area contributed by atoms with Crippen molar-refractivity contribution in [1.29, 1.82) is 0 Å². The van der Waals surface area contributed by atoms with Gasteiger partial charge < -0.3 is 0 Å². The van der Waals surface area contributed by atoms with Crippen LogP contribution in [0.5, 0.6) is 0 Å². The molecule has 122 valence electrons. The van der Waals surface area contributed by atoms with Gasteiger partial charge in [-0.2, -0.15) is 0 Å². The molecule has 1 heteroatoms. The first-order chi connectivity index (χ1) is 11.8. The Morgan fingerprint density at radius 2 is 1.33 bits per heavy atom. The van der Waals surface area contributed by atoms with E-state index in [0.717, 1.165) is 29.0 Å². The van der Waals surface area contributed by atoms with Crippen LogP contribution in [0.25, 0.3) is 0 Å². The van der Waals surface area contributed by atoms with Crippen LogP contribution in [0.3, 0.4) is 0 Å². The van der Waals surface area contributed by atoms with Crippen molar-refractivity contribution in [2.45, 2.75) is 43.9 Å². The Labute approximate surface area is 144 Å². The van der Waals surface area contributed by atoms with E-state index in [-0.39, 0.29) is 0 Å². The van der Waals surface area contributed by atoms with Gasteiger partial charge in [-0.05, 0) is 85.0 Å². The van der Waals surface area contributed by atoms with E-state index in [0.29, 0.717) is 5.41 Å². The molecule has 6 rings (SSSR count). The fourth-order valence-electron chi connectivity index (χ4n) is 6.05. The van der Waals surface area contributed by atoms with Crippen molar-refractivity contribution in [2.24, 2.45) is 22.7 Å². The molecule has 0 saturated heterocycles. The van der Waals surface area contributed by atoms with E-state index >= 15 is 0 Å². The van der Waals surface area contributed by atoms with Crippen LogP contribution in [-0.4, -0.2) is 6.21 Å². The number of rotatable bonds is 3. The lowest BCUT2D eigenvalue weighted by Gasteiger charge is -2.57. The van der Waals surface area contributed by atoms with Gasteiger partial charge in [-0.25, -0.2) is 0 Å². The third-order valence-corrected chi connectivity index (χ3v) is 6.68. The molecule has 4 aliphatic carbocycles. The number of aliphatic imine (C=N–C) groups is 1. The van der Waals surface area contributed by atoms with Crippen molar-refractivity contribution in [3.05, 3.63) is 65.7 Å². The van der Waals surface area contributed by atoms with Gasteiger partial charge in [0.1, 0.15) is 0 Å². The number of benzene rings is 2. The zero-order valence-electron chi connectivity index (χ0n) is 14.2. The van der Waals surface area contributed by atoms with Crippen molar-refractivity contribution < 1.29 is 0 Å². The first kappa shape index (κ1) is 14.5. The van der Waals surface area contributed by atoms with Gasteiger partial charge in [-0.15, -0.1) is 0 Å². The van der Waals surface area contributed by atoms with Gasteiger partial charge >= 0.3 is 0 Å². The lowest BCUT2D eigenvalue weighted by molar-refractivity contribution is -0.00518. The molecule has 2 aromatic rings. The molecule has 2 aromatic carbocycles. The molecule has 0 radical (unpaired) electrons. The zero-order chi connectivity index (χ0) is 16.0. The van der Waals surface area contributed by atoms with Gasteiger partial charge in [0.25, 0.3) is 0 Å². The van der Waals surface area contributed by atoms with E-state index in [9.17, 15) is 0 Å². The molecule has 0 unspecified atom stereocenters. The molecule has 0 N–H and O–H groups in total. The van der Waals surface area contributed by atoms with Gasteiger partial charge in [0.15, 0.2) is 0 Å². The standard InChI is InChI=1S/C23H25N/c1-2-4-17(5-3-1)16-24-22-8-6-21(7-9-22)23-13-18-10-19(14-23)12-20(11-18)15-23/h1-9,16,18-20H,10-15H2. The molecule has 4 aliphatic rings. The van der Waals surface area contributed by atoms with Crippen LogP contribution in [0, 0.1) is 17.8 Å². The molecular formula is C23H25N. The van der Waals surface area contributed by atoms with Crippen molar-refractivity contribution in [1.82, 2.24) is 0 Å². The van der Waals surface area contributed by atoms with Crippen molar-refractivity contribution in [3.8, 4) is 0 Å². The summed E-state index contributed by atoms with van der Waals surface area (Å²) in [7, 11) is 0. The molecule has 24 heavy (non-hydrogen) atoms. The second kappa shape index (κ2) is 5.58. The summed E-state index contributed by atoms with van der Waals surface area (Å²) >= 11 is 0. The van der Waals surface area contributed by atoms with Gasteiger partial charge in [0.05, 0.1) is 5.69 Å². The first-order valence-corrected chi connectivity index (χ1v) is 9.49. The predicted molar refractivity (Wildman–Crippen MR) is 100.0 cm³/mol. The van der Waals surface area contributed by atoms with E-state index in [4.69, 9.17) is 0 Å². The monoisotopic (exact) mass is 315 g/mol. The molecule has 0 spiro atoms. The lowest BCUT2D eigenvalue weighted by Crippen LogP contribution is -2.48. The van der Waals surface area contributed by atoms with E-state index in [1.807, 2.05) is 12.3 Å². The second-order valence-electron chi connectivity index (χ2n) is 8.41. The molecule has 4 fully saturated rings. The van der Waals surface area contributed by atoms with Crippen LogP contribution >= 0.6 is 0 Å². The maximum atomic E-state index is 4.64. The summed E-state index contributed by atoms with van der Waals surface area (Å²) in [5.41, 5.74) is 4.30. The molecule has 0 aromatic heterocycles. The van der Waals surface area contributed by atoms with Crippen LogP contribution in [0.4, 0.5) is 5.69 Å². The summed E-state index contributed by atoms with van der Waals surface area (Å²) in [5.74, 6) is 3.02. The molecule has 0 atom stereocenters. The quantitative estimate of drug-likeness (QED) is 0.625. The van der Waals surface area contributed by atoms with E-state index in [1.54, 1.807) is 5.56 Å². The molecule has 4 bridgehead atoms. The third-order valence-electron chi connectivity index (χ3n) is 6.68. The lowest BCUT2D eigenvalue weighted by atomic mass is 9.48. The highest BCUT2D eigenvalue weighted by Crippen LogP contribution is 2.60. The van der Waals surface area contributed by atoms with Crippen molar-refractivity contribution >= 4 is 11.9 Å². The van der Waals surface area contributed by atoms with Gasteiger partial charge in [0, 0.05) is 6.21 Å². The summed E-state index contributed by atoms with van der Waals surface area (Å²) in [4.78, 5) is 4.64. The van der Waals surface area contributed by atoms with Crippen LogP contribution < -0.4 is 0 Å². The van der Waals surface area contributed by atoms with Crippen LogP contribution in [-0.2, 0) is 5.41 Å². The summed E-state index contributed by atoms with van der Waals surface area (Å²) in [6.45, 7) is 0. The first-order valence-electron chi connectivity index (χ1n) is 9.49. The Morgan fingerprint density at radius 3 is 1.92 bits per heavy atom. The van der Waals surface area contributed by atoms with Gasteiger partial charge in [-0.1, -0.05) is 42.5 Å². The summed E-state index contributed by atoms with van der Waals surface area (Å²) < 4.78 is 0. The zero-order valence-corrected chi connectivity index (χ0v) is 14.2. The summed E-state index contributed by atoms with van der Waals surface area (Å²) in [6.07, 6.45) is 10.8. The molecule has 1 nitrogen and oxygen atoms in total. The highest BCUT2D eigenvalue weighted by molar-refractivity contribution is 5.81. The Bertz CT molecular complexity index is 706. The fraction of sp³-hybridized carbons (Fsp3) is 0.435. The Hall–Kier alpha value is -1.89. The second-order valence-corrected chi connectivity index (χ2v) is 8.41. The third kappa shape index (κ3) is 2.51. The summed E-state index contributed by atoms with van der Waals surface area (Å²) in [6, 6.07) is 19.5. The van der Waals surface area contributed by atoms with Crippen molar-refractivity contribution in [2.75, 3.05) is 0 Å². The Kier molecular flexibility index (Phi) is 3.36. The molecule has 0 amide bonds. The molecular weight excluding hydrogens is 290 g/mol. The van der Waals surface area contributed by atoms with E-state index in [1.165, 1.54) is 38.5 Å². The summed E-state index contributed by atoms with van der Waals surface area (Å²) in [5, 5.41) is 0. The number of hydrogen-bond donors (Lipinski definition) is 0. The van der Waals surface area contributed by atoms with Crippen LogP contribution in [0.1, 0.15) is 49.7 Å². The average molecular weight is 315 g/mol. The predicted octanol–water partition coefficient (Wildman–Crippen LogP) is 5.91. The minimum atomic E-state index is 0.496. The Morgan fingerprint density at radius 1 is 0.750 bits per heavy atom. The highest BCUT2D eigenvalue weighted by atomic mass is 14.7.